The zero-order valence-electron chi connectivity index (χ0n) is 14.1. The highest BCUT2D eigenvalue weighted by atomic mass is 16.5. The minimum Gasteiger partial charge on any atom is -0.481 e. The highest BCUT2D eigenvalue weighted by molar-refractivity contribution is 5.79. The zero-order valence-corrected chi connectivity index (χ0v) is 14.1. The Morgan fingerprint density at radius 1 is 1.29 bits per heavy atom. The topological polar surface area (TPSA) is 80.9 Å². The van der Waals surface area contributed by atoms with E-state index in [1.165, 1.54) is 0 Å². The molecule has 130 valence electrons. The lowest BCUT2D eigenvalue weighted by atomic mass is 10.3. The van der Waals surface area contributed by atoms with E-state index in [2.05, 4.69) is 20.6 Å². The molecule has 7 nitrogen and oxygen atoms in total. The standard InChI is InChI=1S/C17H24N4O3/c1-18-17(21-12-14-6-7-16(22-2)20-11-14)19-8-4-9-23-13-15-5-3-10-24-15/h3,5-7,10-11H,4,8-9,12-13H2,1-2H3,(H2,18,19,21). The second-order valence-corrected chi connectivity index (χ2v) is 5.05. The number of hydrogen-bond donors (Lipinski definition) is 2. The first-order valence-electron chi connectivity index (χ1n) is 7.85. The van der Waals surface area contributed by atoms with Crippen LogP contribution in [0.3, 0.4) is 0 Å². The van der Waals surface area contributed by atoms with Crippen LogP contribution in [0, 0.1) is 0 Å². The Labute approximate surface area is 142 Å². The van der Waals surface area contributed by atoms with Gasteiger partial charge in [-0.15, -0.1) is 0 Å². The average Bonchev–Trinajstić information content (AvgIpc) is 3.14. The first kappa shape index (κ1) is 17.8. The molecule has 2 rings (SSSR count). The van der Waals surface area contributed by atoms with Gasteiger partial charge >= 0.3 is 0 Å². The van der Waals surface area contributed by atoms with E-state index in [1.54, 1.807) is 26.6 Å². The summed E-state index contributed by atoms with van der Waals surface area (Å²) in [5, 5.41) is 6.48. The summed E-state index contributed by atoms with van der Waals surface area (Å²) in [5.41, 5.74) is 1.06. The number of pyridine rings is 1. The third-order valence-electron chi connectivity index (χ3n) is 3.27. The van der Waals surface area contributed by atoms with Gasteiger partial charge in [0.25, 0.3) is 0 Å². The van der Waals surface area contributed by atoms with Crippen LogP contribution in [-0.2, 0) is 17.9 Å². The van der Waals surface area contributed by atoms with Gasteiger partial charge in [0.15, 0.2) is 5.96 Å². The molecule has 0 spiro atoms. The van der Waals surface area contributed by atoms with Crippen molar-refractivity contribution in [1.82, 2.24) is 15.6 Å². The molecule has 0 bridgehead atoms. The van der Waals surface area contributed by atoms with Crippen LogP contribution < -0.4 is 15.4 Å². The monoisotopic (exact) mass is 332 g/mol. The summed E-state index contributed by atoms with van der Waals surface area (Å²) in [6.45, 7) is 2.59. The van der Waals surface area contributed by atoms with Crippen molar-refractivity contribution < 1.29 is 13.9 Å². The third kappa shape index (κ3) is 6.29. The van der Waals surface area contributed by atoms with Crippen molar-refractivity contribution in [3.05, 3.63) is 48.0 Å². The van der Waals surface area contributed by atoms with Gasteiger partial charge in [0.1, 0.15) is 12.4 Å². The van der Waals surface area contributed by atoms with Crippen molar-refractivity contribution in [3.63, 3.8) is 0 Å². The summed E-state index contributed by atoms with van der Waals surface area (Å²) in [5.74, 6) is 2.20. The van der Waals surface area contributed by atoms with Gasteiger partial charge in [-0.25, -0.2) is 4.98 Å². The van der Waals surface area contributed by atoms with E-state index in [0.717, 1.165) is 30.2 Å². The Balaban J connectivity index is 1.58. The predicted molar refractivity (Wildman–Crippen MR) is 92.0 cm³/mol. The largest absolute Gasteiger partial charge is 0.481 e. The number of nitrogens with zero attached hydrogens (tertiary/aromatic N) is 2. The second kappa shape index (κ2) is 10.3. The average molecular weight is 332 g/mol. The maximum Gasteiger partial charge on any atom is 0.212 e. The van der Waals surface area contributed by atoms with Crippen molar-refractivity contribution in [1.29, 1.82) is 0 Å². The number of nitrogens with one attached hydrogen (secondary N) is 2. The van der Waals surface area contributed by atoms with Crippen LogP contribution in [0.1, 0.15) is 17.7 Å². The maximum absolute atomic E-state index is 5.53. The number of rotatable bonds is 9. The Kier molecular flexibility index (Phi) is 7.62. The van der Waals surface area contributed by atoms with E-state index in [-0.39, 0.29) is 0 Å². The molecule has 0 aliphatic heterocycles. The third-order valence-corrected chi connectivity index (χ3v) is 3.27. The molecule has 0 radical (unpaired) electrons. The molecule has 0 unspecified atom stereocenters. The molecule has 0 aliphatic carbocycles. The molecule has 0 aliphatic rings. The van der Waals surface area contributed by atoms with Crippen molar-refractivity contribution in [3.8, 4) is 5.88 Å². The summed E-state index contributed by atoms with van der Waals surface area (Å²) < 4.78 is 15.8. The molecule has 0 atom stereocenters. The molecule has 2 aromatic heterocycles. The smallest absolute Gasteiger partial charge is 0.212 e. The summed E-state index contributed by atoms with van der Waals surface area (Å²) in [7, 11) is 3.35. The summed E-state index contributed by atoms with van der Waals surface area (Å²) in [4.78, 5) is 8.36. The molecule has 0 amide bonds. The molecule has 2 heterocycles. The van der Waals surface area contributed by atoms with Gasteiger partial charge in [-0.3, -0.25) is 4.99 Å². The minimum atomic E-state index is 0.504. The molecule has 0 aromatic carbocycles. The van der Waals surface area contributed by atoms with E-state index in [1.807, 2.05) is 24.3 Å². The molecule has 24 heavy (non-hydrogen) atoms. The van der Waals surface area contributed by atoms with Crippen LogP contribution >= 0.6 is 0 Å². The van der Waals surface area contributed by atoms with E-state index in [9.17, 15) is 0 Å². The highest BCUT2D eigenvalue weighted by Crippen LogP contribution is 2.06. The predicted octanol–water partition coefficient (Wildman–Crippen LogP) is 1.96. The Morgan fingerprint density at radius 3 is 2.88 bits per heavy atom. The van der Waals surface area contributed by atoms with Gasteiger partial charge in [-0.05, 0) is 24.1 Å². The number of ether oxygens (including phenoxy) is 2. The molecular formula is C17H24N4O3. The molecule has 0 fully saturated rings. The SMILES string of the molecule is CN=C(NCCCOCc1ccco1)NCc1ccc(OC)nc1. The number of methoxy groups -OCH3 is 1. The summed E-state index contributed by atoms with van der Waals surface area (Å²) in [6.07, 6.45) is 4.31. The fraction of sp³-hybridized carbons (Fsp3) is 0.412. The van der Waals surface area contributed by atoms with E-state index >= 15 is 0 Å². The van der Waals surface area contributed by atoms with Crippen LogP contribution in [0.4, 0.5) is 0 Å². The number of furan rings is 1. The highest BCUT2D eigenvalue weighted by Gasteiger charge is 2.00. The first-order chi connectivity index (χ1) is 11.8. The Hall–Kier alpha value is -2.54. The van der Waals surface area contributed by atoms with Gasteiger partial charge in [0.05, 0.1) is 13.4 Å². The van der Waals surface area contributed by atoms with Gasteiger partial charge in [-0.2, -0.15) is 0 Å². The van der Waals surface area contributed by atoms with Gasteiger partial charge in [0, 0.05) is 39.0 Å². The minimum absolute atomic E-state index is 0.504. The maximum atomic E-state index is 5.53. The zero-order chi connectivity index (χ0) is 17.0. The van der Waals surface area contributed by atoms with Crippen LogP contribution in [0.5, 0.6) is 5.88 Å². The Bertz CT molecular complexity index is 597. The second-order valence-electron chi connectivity index (χ2n) is 5.05. The lowest BCUT2D eigenvalue weighted by molar-refractivity contribution is 0.105. The molecular weight excluding hydrogens is 308 g/mol. The number of aromatic nitrogens is 1. The molecule has 2 N–H and O–H groups in total. The first-order valence-corrected chi connectivity index (χ1v) is 7.85. The van der Waals surface area contributed by atoms with Crippen molar-refractivity contribution >= 4 is 5.96 Å². The summed E-state index contributed by atoms with van der Waals surface area (Å²) in [6, 6.07) is 7.56. The summed E-state index contributed by atoms with van der Waals surface area (Å²) >= 11 is 0. The number of aliphatic imine (C=N–C) groups is 1. The Morgan fingerprint density at radius 2 is 2.21 bits per heavy atom. The van der Waals surface area contributed by atoms with Crippen molar-refractivity contribution in [2.24, 2.45) is 4.99 Å². The lowest BCUT2D eigenvalue weighted by Crippen LogP contribution is -2.37. The van der Waals surface area contributed by atoms with Crippen LogP contribution in [0.25, 0.3) is 0 Å². The number of guanidine groups is 1. The fourth-order valence-corrected chi connectivity index (χ4v) is 1.99. The van der Waals surface area contributed by atoms with E-state index in [0.29, 0.717) is 25.6 Å². The van der Waals surface area contributed by atoms with E-state index in [4.69, 9.17) is 13.9 Å². The van der Waals surface area contributed by atoms with Gasteiger partial charge in [-0.1, -0.05) is 6.07 Å². The van der Waals surface area contributed by atoms with Crippen molar-refractivity contribution in [2.75, 3.05) is 27.3 Å². The molecule has 0 saturated heterocycles. The fourth-order valence-electron chi connectivity index (χ4n) is 1.99. The van der Waals surface area contributed by atoms with Crippen molar-refractivity contribution in [2.45, 2.75) is 19.6 Å². The van der Waals surface area contributed by atoms with Crippen LogP contribution in [0.2, 0.25) is 0 Å². The van der Waals surface area contributed by atoms with Crippen LogP contribution in [0.15, 0.2) is 46.1 Å². The molecule has 0 saturated carbocycles. The number of hydrogen-bond acceptors (Lipinski definition) is 5. The molecule has 2 aromatic rings. The normalized spacial score (nSPS) is 11.3. The molecule has 7 heteroatoms. The van der Waals surface area contributed by atoms with Gasteiger partial charge in [0.2, 0.25) is 5.88 Å². The van der Waals surface area contributed by atoms with Crippen LogP contribution in [-0.4, -0.2) is 38.3 Å². The lowest BCUT2D eigenvalue weighted by Gasteiger charge is -2.12. The van der Waals surface area contributed by atoms with E-state index < -0.39 is 0 Å². The quantitative estimate of drug-likeness (QED) is 0.415. The van der Waals surface area contributed by atoms with Gasteiger partial charge < -0.3 is 24.5 Å².